The second-order valence-electron chi connectivity index (χ2n) is 3.33. The highest BCUT2D eigenvalue weighted by atomic mass is 16.4. The van der Waals surface area contributed by atoms with Crippen molar-refractivity contribution in [1.29, 1.82) is 0 Å². The second kappa shape index (κ2) is 6.65. The van der Waals surface area contributed by atoms with Crippen LogP contribution >= 0.6 is 0 Å². The van der Waals surface area contributed by atoms with E-state index >= 15 is 0 Å². The molecule has 0 radical (unpaired) electrons. The van der Waals surface area contributed by atoms with Crippen molar-refractivity contribution in [2.45, 2.75) is 13.3 Å². The number of urea groups is 1. The Balaban J connectivity index is 4.28. The van der Waals surface area contributed by atoms with E-state index < -0.39 is 17.9 Å². The minimum absolute atomic E-state index is 0.119. The number of nitrogens with two attached hydrogens (primary N) is 1. The second-order valence-corrected chi connectivity index (χ2v) is 3.33. The van der Waals surface area contributed by atoms with Crippen molar-refractivity contribution in [2.24, 2.45) is 5.73 Å². The molecule has 0 saturated carbocycles. The highest BCUT2D eigenvalue weighted by Crippen LogP contribution is 1.98. The molecule has 0 fully saturated rings. The van der Waals surface area contributed by atoms with Gasteiger partial charge >= 0.3 is 12.0 Å². The monoisotopic (exact) mass is 231 g/mol. The first-order chi connectivity index (χ1) is 7.38. The lowest BCUT2D eigenvalue weighted by atomic mass is 10.4. The van der Waals surface area contributed by atoms with Gasteiger partial charge in [0.1, 0.15) is 6.54 Å². The van der Waals surface area contributed by atoms with E-state index in [1.165, 1.54) is 11.9 Å². The zero-order chi connectivity index (χ0) is 12.7. The van der Waals surface area contributed by atoms with Crippen molar-refractivity contribution < 1.29 is 19.5 Å². The summed E-state index contributed by atoms with van der Waals surface area (Å²) in [6.07, 6.45) is -0.121. The molecule has 7 nitrogen and oxygen atoms in total. The van der Waals surface area contributed by atoms with E-state index in [0.717, 1.165) is 4.90 Å². The van der Waals surface area contributed by atoms with Gasteiger partial charge in [-0.2, -0.15) is 0 Å². The van der Waals surface area contributed by atoms with Crippen molar-refractivity contribution in [3.05, 3.63) is 0 Å². The van der Waals surface area contributed by atoms with Crippen LogP contribution in [0.3, 0.4) is 0 Å². The summed E-state index contributed by atoms with van der Waals surface area (Å²) >= 11 is 0. The van der Waals surface area contributed by atoms with Gasteiger partial charge in [-0.05, 0) is 6.92 Å². The highest BCUT2D eigenvalue weighted by Gasteiger charge is 2.18. The van der Waals surface area contributed by atoms with Crippen molar-refractivity contribution in [1.82, 2.24) is 9.80 Å². The molecule has 0 spiro atoms. The predicted molar refractivity (Wildman–Crippen MR) is 56.7 cm³/mol. The van der Waals surface area contributed by atoms with E-state index in [-0.39, 0.29) is 19.5 Å². The summed E-state index contributed by atoms with van der Waals surface area (Å²) in [6, 6.07) is -0.400. The zero-order valence-corrected chi connectivity index (χ0v) is 9.47. The number of hydrogen-bond acceptors (Lipinski definition) is 3. The maximum atomic E-state index is 11.7. The van der Waals surface area contributed by atoms with Gasteiger partial charge in [-0.1, -0.05) is 0 Å². The molecule has 0 heterocycles. The number of aliphatic carboxylic acids is 1. The number of rotatable bonds is 6. The first kappa shape index (κ1) is 14.2. The Labute approximate surface area is 93.8 Å². The number of amides is 3. The number of likely N-dealkylation sites (N-methyl/N-ethyl adjacent to an activating group) is 1. The molecule has 0 aromatic heterocycles. The largest absolute Gasteiger partial charge is 0.481 e. The molecule has 0 rings (SSSR count). The van der Waals surface area contributed by atoms with Crippen LogP contribution in [0.2, 0.25) is 0 Å². The van der Waals surface area contributed by atoms with E-state index in [4.69, 9.17) is 10.8 Å². The third-order valence-electron chi connectivity index (χ3n) is 1.97. The highest BCUT2D eigenvalue weighted by molar-refractivity contribution is 5.83. The molecule has 0 aliphatic carbocycles. The molecule has 3 amide bonds. The number of carbonyl (C=O) groups is 3. The molecule has 0 atom stereocenters. The van der Waals surface area contributed by atoms with Gasteiger partial charge in [0.25, 0.3) is 0 Å². The molecular formula is C9H17N3O4. The fourth-order valence-electron chi connectivity index (χ4n) is 1.16. The lowest BCUT2D eigenvalue weighted by Gasteiger charge is -2.25. The number of nitrogens with zero attached hydrogens (tertiary/aromatic N) is 2. The summed E-state index contributed by atoms with van der Waals surface area (Å²) in [4.78, 5) is 35.1. The van der Waals surface area contributed by atoms with E-state index in [1.54, 1.807) is 6.92 Å². The minimum atomic E-state index is -0.969. The van der Waals surface area contributed by atoms with Crippen LogP contribution < -0.4 is 5.73 Å². The predicted octanol–water partition coefficient (Wildman–Crippen LogP) is -0.680. The molecule has 16 heavy (non-hydrogen) atoms. The third kappa shape index (κ3) is 5.18. The quantitative estimate of drug-likeness (QED) is 0.632. The van der Waals surface area contributed by atoms with Crippen molar-refractivity contribution >= 4 is 17.9 Å². The first-order valence-electron chi connectivity index (χ1n) is 4.88. The van der Waals surface area contributed by atoms with Crippen molar-refractivity contribution in [2.75, 3.05) is 26.7 Å². The fraction of sp³-hybridized carbons (Fsp3) is 0.667. The van der Waals surface area contributed by atoms with Gasteiger partial charge in [0.05, 0.1) is 6.42 Å². The SMILES string of the molecule is CCN(CCC(=O)O)C(=O)N(C)CC(N)=O. The average molecular weight is 231 g/mol. The smallest absolute Gasteiger partial charge is 0.320 e. The van der Waals surface area contributed by atoms with E-state index in [0.29, 0.717) is 6.54 Å². The average Bonchev–Trinajstić information content (AvgIpc) is 2.16. The van der Waals surface area contributed by atoms with Crippen LogP contribution in [0.5, 0.6) is 0 Å². The Bertz CT molecular complexity index is 280. The van der Waals surface area contributed by atoms with Gasteiger partial charge in [0.15, 0.2) is 0 Å². The summed E-state index contributed by atoms with van der Waals surface area (Å²) < 4.78 is 0. The van der Waals surface area contributed by atoms with Crippen molar-refractivity contribution in [3.63, 3.8) is 0 Å². The normalized spacial score (nSPS) is 9.62. The van der Waals surface area contributed by atoms with Crippen LogP contribution in [0.15, 0.2) is 0 Å². The summed E-state index contributed by atoms with van der Waals surface area (Å²) in [7, 11) is 1.44. The van der Waals surface area contributed by atoms with Crippen LogP contribution in [0.1, 0.15) is 13.3 Å². The number of carboxylic acid groups (broad SMARTS) is 1. The van der Waals surface area contributed by atoms with Gasteiger partial charge < -0.3 is 20.6 Å². The Morgan fingerprint density at radius 2 is 1.88 bits per heavy atom. The lowest BCUT2D eigenvalue weighted by Crippen LogP contribution is -2.45. The van der Waals surface area contributed by atoms with Gasteiger partial charge in [0.2, 0.25) is 5.91 Å². The summed E-state index contributed by atoms with van der Waals surface area (Å²) in [6.45, 7) is 2.06. The Kier molecular flexibility index (Phi) is 5.91. The minimum Gasteiger partial charge on any atom is -0.481 e. The number of carbonyl (C=O) groups excluding carboxylic acids is 2. The third-order valence-corrected chi connectivity index (χ3v) is 1.97. The van der Waals surface area contributed by atoms with Crippen LogP contribution in [0.4, 0.5) is 4.79 Å². The summed E-state index contributed by atoms with van der Waals surface area (Å²) in [5.74, 6) is -1.58. The molecule has 0 aromatic carbocycles. The molecular weight excluding hydrogens is 214 g/mol. The van der Waals surface area contributed by atoms with E-state index in [1.807, 2.05) is 0 Å². The number of primary amides is 1. The first-order valence-corrected chi connectivity index (χ1v) is 4.88. The van der Waals surface area contributed by atoms with Crippen LogP contribution in [-0.4, -0.2) is 59.5 Å². The van der Waals surface area contributed by atoms with Gasteiger partial charge in [-0.3, -0.25) is 9.59 Å². The Morgan fingerprint density at radius 1 is 1.31 bits per heavy atom. The number of carboxylic acids is 1. The molecule has 0 aliphatic rings. The van der Waals surface area contributed by atoms with E-state index in [2.05, 4.69) is 0 Å². The standard InChI is InChI=1S/C9H17N3O4/c1-3-12(5-4-8(14)15)9(16)11(2)6-7(10)13/h3-6H2,1-2H3,(H2,10,13)(H,14,15). The van der Waals surface area contributed by atoms with Gasteiger partial charge in [-0.25, -0.2) is 4.79 Å². The molecule has 0 unspecified atom stereocenters. The molecule has 0 saturated heterocycles. The Hall–Kier alpha value is -1.79. The molecule has 0 bridgehead atoms. The fourth-order valence-corrected chi connectivity index (χ4v) is 1.16. The molecule has 7 heteroatoms. The van der Waals surface area contributed by atoms with Crippen LogP contribution in [0, 0.1) is 0 Å². The van der Waals surface area contributed by atoms with Crippen LogP contribution in [0.25, 0.3) is 0 Å². The number of hydrogen-bond donors (Lipinski definition) is 2. The summed E-state index contributed by atoms with van der Waals surface area (Å²) in [5, 5.41) is 8.50. The molecule has 0 aliphatic heterocycles. The van der Waals surface area contributed by atoms with Crippen LogP contribution in [-0.2, 0) is 9.59 Å². The van der Waals surface area contributed by atoms with E-state index in [9.17, 15) is 14.4 Å². The lowest BCUT2D eigenvalue weighted by molar-refractivity contribution is -0.137. The van der Waals surface area contributed by atoms with Gasteiger partial charge in [-0.15, -0.1) is 0 Å². The zero-order valence-electron chi connectivity index (χ0n) is 9.47. The molecule has 3 N–H and O–H groups in total. The molecule has 0 aromatic rings. The topological polar surface area (TPSA) is 104 Å². The summed E-state index contributed by atoms with van der Waals surface area (Å²) in [5.41, 5.74) is 4.95. The Morgan fingerprint density at radius 3 is 2.25 bits per heavy atom. The maximum absolute atomic E-state index is 11.7. The molecule has 92 valence electrons. The maximum Gasteiger partial charge on any atom is 0.320 e. The van der Waals surface area contributed by atoms with Gasteiger partial charge in [0, 0.05) is 20.1 Å². The van der Waals surface area contributed by atoms with Crippen molar-refractivity contribution in [3.8, 4) is 0 Å².